The van der Waals surface area contributed by atoms with Crippen molar-refractivity contribution < 1.29 is 19.2 Å². The maximum Gasteiger partial charge on any atom is 0.284 e. The molecular formula is C22H19BrN4O5S. The van der Waals surface area contributed by atoms with Crippen LogP contribution in [0.4, 0.5) is 11.4 Å². The summed E-state index contributed by atoms with van der Waals surface area (Å²) in [6, 6.07) is 11.6. The Labute approximate surface area is 202 Å². The molecule has 2 heterocycles. The van der Waals surface area contributed by atoms with Crippen LogP contribution in [0, 0.1) is 10.1 Å². The minimum Gasteiger partial charge on any atom is -0.378 e. The molecule has 2 aliphatic heterocycles. The van der Waals surface area contributed by atoms with Crippen molar-refractivity contribution in [1.82, 2.24) is 9.80 Å². The summed E-state index contributed by atoms with van der Waals surface area (Å²) in [4.78, 5) is 44.3. The third kappa shape index (κ3) is 5.15. The summed E-state index contributed by atoms with van der Waals surface area (Å²) in [7, 11) is 1.61. The van der Waals surface area contributed by atoms with Gasteiger partial charge in [-0.05, 0) is 63.6 Å². The molecule has 0 spiro atoms. The normalized spacial score (nSPS) is 18.9. The van der Waals surface area contributed by atoms with Gasteiger partial charge in [0.15, 0.2) is 5.17 Å². The number of nitrogens with zero attached hydrogens (tertiary/aromatic N) is 4. The van der Waals surface area contributed by atoms with Crippen LogP contribution in [0.5, 0.6) is 0 Å². The maximum atomic E-state index is 12.8. The molecule has 2 saturated heterocycles. The van der Waals surface area contributed by atoms with Crippen LogP contribution in [0.1, 0.15) is 15.9 Å². The lowest BCUT2D eigenvalue weighted by Crippen LogP contribution is -2.40. The third-order valence-electron chi connectivity index (χ3n) is 5.08. The van der Waals surface area contributed by atoms with E-state index in [0.29, 0.717) is 57.7 Å². The van der Waals surface area contributed by atoms with Crippen molar-refractivity contribution in [3.05, 3.63) is 73.1 Å². The Morgan fingerprint density at radius 1 is 1.24 bits per heavy atom. The third-order valence-corrected chi connectivity index (χ3v) is 6.82. The summed E-state index contributed by atoms with van der Waals surface area (Å²) in [6.07, 6.45) is 1.60. The predicted molar refractivity (Wildman–Crippen MR) is 129 cm³/mol. The zero-order chi connectivity index (χ0) is 23.5. The number of morpholine rings is 1. The van der Waals surface area contributed by atoms with Crippen molar-refractivity contribution in [3.8, 4) is 0 Å². The molecule has 0 atom stereocenters. The number of nitro groups is 1. The van der Waals surface area contributed by atoms with Crippen molar-refractivity contribution in [2.45, 2.75) is 0 Å². The summed E-state index contributed by atoms with van der Waals surface area (Å²) in [5, 5.41) is 11.6. The van der Waals surface area contributed by atoms with E-state index in [2.05, 4.69) is 20.9 Å². The largest absolute Gasteiger partial charge is 0.378 e. The fraction of sp³-hybridized carbons (Fsp3) is 0.227. The highest BCUT2D eigenvalue weighted by atomic mass is 79.9. The van der Waals surface area contributed by atoms with Crippen molar-refractivity contribution in [2.24, 2.45) is 4.99 Å². The summed E-state index contributed by atoms with van der Waals surface area (Å²) >= 11 is 4.33. The second-order valence-corrected chi connectivity index (χ2v) is 9.16. The Morgan fingerprint density at radius 3 is 2.73 bits per heavy atom. The van der Waals surface area contributed by atoms with Gasteiger partial charge in [-0.15, -0.1) is 0 Å². The van der Waals surface area contributed by atoms with Gasteiger partial charge < -0.3 is 9.64 Å². The number of carbonyl (C=O) groups is 2. The van der Waals surface area contributed by atoms with Gasteiger partial charge in [-0.3, -0.25) is 24.6 Å². The first-order valence-corrected chi connectivity index (χ1v) is 11.6. The van der Waals surface area contributed by atoms with E-state index in [1.165, 1.54) is 22.7 Å². The number of ether oxygens (including phenoxy) is 1. The van der Waals surface area contributed by atoms with Crippen LogP contribution >= 0.6 is 27.7 Å². The van der Waals surface area contributed by atoms with Crippen molar-refractivity contribution in [3.63, 3.8) is 0 Å². The highest BCUT2D eigenvalue weighted by Crippen LogP contribution is 2.34. The monoisotopic (exact) mass is 530 g/mol. The molecule has 0 bridgehead atoms. The SMILES string of the molecule is CN1C(=O)/C(=C\c2ccc(Br)c([N+](=O)[O-])c2)SC1=Nc1cccc(C(=O)N2CCOCC2)c1. The van der Waals surface area contributed by atoms with Crippen LogP contribution in [-0.2, 0) is 9.53 Å². The summed E-state index contributed by atoms with van der Waals surface area (Å²) < 4.78 is 5.67. The number of amides is 2. The van der Waals surface area contributed by atoms with E-state index in [1.807, 2.05) is 0 Å². The number of nitro benzene ring substituents is 1. The number of rotatable bonds is 4. The number of benzene rings is 2. The molecule has 0 unspecified atom stereocenters. The molecule has 0 N–H and O–H groups in total. The molecule has 33 heavy (non-hydrogen) atoms. The standard InChI is InChI=1S/C22H19BrN4O5S/c1-25-21(29)19(12-14-5-6-17(23)18(11-14)27(30)31)33-22(25)24-16-4-2-3-15(13-16)20(28)26-7-9-32-10-8-26/h2-6,11-13H,7-10H2,1H3/b19-12+,24-22?. The highest BCUT2D eigenvalue weighted by Gasteiger charge is 2.30. The molecule has 2 aromatic carbocycles. The Bertz CT molecular complexity index is 1190. The van der Waals surface area contributed by atoms with E-state index in [4.69, 9.17) is 4.74 Å². The number of hydrogen-bond acceptors (Lipinski definition) is 7. The molecule has 9 nitrogen and oxygen atoms in total. The van der Waals surface area contributed by atoms with Crippen LogP contribution in [0.2, 0.25) is 0 Å². The van der Waals surface area contributed by atoms with E-state index in [1.54, 1.807) is 54.4 Å². The van der Waals surface area contributed by atoms with Crippen LogP contribution in [0.25, 0.3) is 6.08 Å². The number of likely N-dealkylation sites (N-methyl/N-ethyl adjacent to an activating group) is 1. The van der Waals surface area contributed by atoms with Gasteiger partial charge in [-0.1, -0.05) is 12.1 Å². The second kappa shape index (κ2) is 9.86. The lowest BCUT2D eigenvalue weighted by Gasteiger charge is -2.26. The van der Waals surface area contributed by atoms with Gasteiger partial charge in [0.25, 0.3) is 17.5 Å². The number of thioether (sulfide) groups is 1. The van der Waals surface area contributed by atoms with Crippen molar-refractivity contribution >= 4 is 62.1 Å². The van der Waals surface area contributed by atoms with Gasteiger partial charge in [0.2, 0.25) is 0 Å². The van der Waals surface area contributed by atoms with Gasteiger partial charge in [0, 0.05) is 31.8 Å². The fourth-order valence-corrected chi connectivity index (χ4v) is 4.71. The first-order valence-electron chi connectivity index (χ1n) is 10.0. The van der Waals surface area contributed by atoms with Gasteiger partial charge in [0.1, 0.15) is 0 Å². The van der Waals surface area contributed by atoms with Crippen molar-refractivity contribution in [2.75, 3.05) is 33.4 Å². The second-order valence-electron chi connectivity index (χ2n) is 7.29. The molecule has 0 aromatic heterocycles. The Balaban J connectivity index is 1.57. The number of carbonyl (C=O) groups excluding carboxylic acids is 2. The summed E-state index contributed by atoms with van der Waals surface area (Å²) in [5.74, 6) is -0.342. The molecule has 170 valence electrons. The predicted octanol–water partition coefficient (Wildman–Crippen LogP) is 4.06. The average Bonchev–Trinajstić information content (AvgIpc) is 3.08. The first-order chi connectivity index (χ1) is 15.8. The molecule has 2 aliphatic rings. The van der Waals surface area contributed by atoms with E-state index < -0.39 is 4.92 Å². The molecule has 0 saturated carbocycles. The van der Waals surface area contributed by atoms with Crippen LogP contribution in [0.3, 0.4) is 0 Å². The first kappa shape index (κ1) is 23.1. The van der Waals surface area contributed by atoms with Gasteiger partial charge in [-0.2, -0.15) is 0 Å². The molecule has 0 aliphatic carbocycles. The number of aliphatic imine (C=N–C) groups is 1. The van der Waals surface area contributed by atoms with Crippen LogP contribution < -0.4 is 0 Å². The lowest BCUT2D eigenvalue weighted by atomic mass is 10.1. The molecule has 4 rings (SSSR count). The number of halogens is 1. The summed E-state index contributed by atoms with van der Waals surface area (Å²) in [5.41, 5.74) is 1.53. The van der Waals surface area contributed by atoms with E-state index in [0.717, 1.165) is 0 Å². The van der Waals surface area contributed by atoms with Crippen molar-refractivity contribution in [1.29, 1.82) is 0 Å². The highest BCUT2D eigenvalue weighted by molar-refractivity contribution is 9.10. The van der Waals surface area contributed by atoms with Crippen LogP contribution in [0.15, 0.2) is 56.8 Å². The van der Waals surface area contributed by atoms with Crippen LogP contribution in [-0.4, -0.2) is 65.1 Å². The van der Waals surface area contributed by atoms with E-state index in [-0.39, 0.29) is 17.5 Å². The zero-order valence-corrected chi connectivity index (χ0v) is 20.0. The summed E-state index contributed by atoms with van der Waals surface area (Å²) in [6.45, 7) is 2.14. The number of hydrogen-bond donors (Lipinski definition) is 0. The quantitative estimate of drug-likeness (QED) is 0.335. The Morgan fingerprint density at radius 2 is 2.00 bits per heavy atom. The molecule has 0 radical (unpaired) electrons. The minimum absolute atomic E-state index is 0.0798. The number of amidine groups is 1. The fourth-order valence-electron chi connectivity index (χ4n) is 3.33. The molecule has 2 amide bonds. The van der Waals surface area contributed by atoms with E-state index in [9.17, 15) is 19.7 Å². The van der Waals surface area contributed by atoms with E-state index >= 15 is 0 Å². The Kier molecular flexibility index (Phi) is 6.91. The average molecular weight is 531 g/mol. The zero-order valence-electron chi connectivity index (χ0n) is 17.6. The minimum atomic E-state index is -0.486. The maximum absolute atomic E-state index is 12.8. The Hall–Kier alpha value is -3.02. The smallest absolute Gasteiger partial charge is 0.284 e. The molecule has 2 fully saturated rings. The topological polar surface area (TPSA) is 105 Å². The molecule has 2 aromatic rings. The molecular weight excluding hydrogens is 512 g/mol. The van der Waals surface area contributed by atoms with Gasteiger partial charge >= 0.3 is 0 Å². The lowest BCUT2D eigenvalue weighted by molar-refractivity contribution is -0.385. The van der Waals surface area contributed by atoms with Gasteiger partial charge in [-0.25, -0.2) is 4.99 Å². The van der Waals surface area contributed by atoms with Gasteiger partial charge in [0.05, 0.1) is 33.2 Å². The molecule has 11 heteroatoms.